The van der Waals surface area contributed by atoms with Gasteiger partial charge in [-0.1, -0.05) is 0 Å². The van der Waals surface area contributed by atoms with Crippen molar-refractivity contribution in [2.75, 3.05) is 18.8 Å². The Kier molecular flexibility index (Phi) is 3.29. The van der Waals surface area contributed by atoms with Gasteiger partial charge in [-0.15, -0.1) is 0 Å². The summed E-state index contributed by atoms with van der Waals surface area (Å²) in [7, 11) is -3.23. The molecule has 0 saturated carbocycles. The zero-order valence-corrected chi connectivity index (χ0v) is 11.0. The van der Waals surface area contributed by atoms with Crippen molar-refractivity contribution in [2.24, 2.45) is 0 Å². The minimum absolute atomic E-state index is 0.136. The minimum Gasteiger partial charge on any atom is -0.468 e. The Morgan fingerprint density at radius 1 is 1.53 bits per heavy atom. The molecular formula is C11H18N2O3S. The smallest absolute Gasteiger partial charge is 0.216 e. The van der Waals surface area contributed by atoms with Crippen molar-refractivity contribution in [2.45, 2.75) is 25.9 Å². The largest absolute Gasteiger partial charge is 0.468 e. The van der Waals surface area contributed by atoms with Crippen molar-refractivity contribution in [3.8, 4) is 0 Å². The van der Waals surface area contributed by atoms with Crippen LogP contribution in [0.5, 0.6) is 0 Å². The number of furan rings is 1. The number of hydrogen-bond acceptors (Lipinski definition) is 4. The molecule has 1 aliphatic rings. The predicted molar refractivity (Wildman–Crippen MR) is 65.0 cm³/mol. The summed E-state index contributed by atoms with van der Waals surface area (Å²) in [5, 5.41) is 3.15. The van der Waals surface area contributed by atoms with Crippen LogP contribution in [0.2, 0.25) is 0 Å². The van der Waals surface area contributed by atoms with E-state index in [4.69, 9.17) is 4.42 Å². The average Bonchev–Trinajstić information content (AvgIpc) is 2.70. The molecule has 0 radical (unpaired) electrons. The van der Waals surface area contributed by atoms with Gasteiger partial charge in [0, 0.05) is 18.6 Å². The van der Waals surface area contributed by atoms with Crippen LogP contribution in [-0.2, 0) is 16.6 Å². The lowest BCUT2D eigenvalue weighted by molar-refractivity contribution is 0.210. The molecule has 6 heteroatoms. The Balaban J connectivity index is 2.30. The normalized spacial score (nSPS) is 24.4. The van der Waals surface area contributed by atoms with Gasteiger partial charge in [-0.05, 0) is 26.0 Å². The first-order chi connectivity index (χ1) is 7.92. The molecule has 0 amide bonds. The van der Waals surface area contributed by atoms with Crippen molar-refractivity contribution in [3.63, 3.8) is 0 Å². The maximum atomic E-state index is 12.2. The molecule has 2 heterocycles. The quantitative estimate of drug-likeness (QED) is 0.852. The second-order valence-corrected chi connectivity index (χ2v) is 6.90. The first kappa shape index (κ1) is 12.6. The van der Waals surface area contributed by atoms with Gasteiger partial charge in [0.1, 0.15) is 5.76 Å². The standard InChI is InChI=1S/C11H18N2O3S/c1-11(2)9-12-5-7-17(14,15)13(11)8-10-4-3-6-16-10/h3-4,6,12H,5,7-9H2,1-2H3. The molecule has 96 valence electrons. The third-order valence-electron chi connectivity index (χ3n) is 2.98. The fourth-order valence-corrected chi connectivity index (χ4v) is 3.79. The lowest BCUT2D eigenvalue weighted by atomic mass is 10.1. The van der Waals surface area contributed by atoms with Crippen molar-refractivity contribution < 1.29 is 12.8 Å². The van der Waals surface area contributed by atoms with Crippen LogP contribution in [0.15, 0.2) is 22.8 Å². The second kappa shape index (κ2) is 4.44. The van der Waals surface area contributed by atoms with Gasteiger partial charge in [0.2, 0.25) is 10.0 Å². The monoisotopic (exact) mass is 258 g/mol. The highest BCUT2D eigenvalue weighted by Gasteiger charge is 2.38. The lowest BCUT2D eigenvalue weighted by Crippen LogP contribution is -2.50. The first-order valence-electron chi connectivity index (χ1n) is 5.65. The molecule has 0 aliphatic carbocycles. The lowest BCUT2D eigenvalue weighted by Gasteiger charge is -2.34. The number of nitrogens with zero attached hydrogens (tertiary/aromatic N) is 1. The molecule has 2 rings (SSSR count). The van der Waals surface area contributed by atoms with E-state index in [0.717, 1.165) is 0 Å². The molecule has 1 aromatic rings. The maximum Gasteiger partial charge on any atom is 0.216 e. The SMILES string of the molecule is CC1(C)CNCCS(=O)(=O)N1Cc1ccco1. The van der Waals surface area contributed by atoms with Gasteiger partial charge in [-0.25, -0.2) is 8.42 Å². The highest BCUT2D eigenvalue weighted by Crippen LogP contribution is 2.23. The first-order valence-corrected chi connectivity index (χ1v) is 7.26. The van der Waals surface area contributed by atoms with Crippen LogP contribution in [0.4, 0.5) is 0 Å². The fraction of sp³-hybridized carbons (Fsp3) is 0.636. The number of rotatable bonds is 2. The van der Waals surface area contributed by atoms with Crippen LogP contribution < -0.4 is 5.32 Å². The molecule has 1 N–H and O–H groups in total. The summed E-state index contributed by atoms with van der Waals surface area (Å²) in [5.41, 5.74) is -0.442. The molecule has 17 heavy (non-hydrogen) atoms. The fourth-order valence-electron chi connectivity index (χ4n) is 2.03. The molecule has 0 aromatic carbocycles. The molecule has 0 spiro atoms. The van der Waals surface area contributed by atoms with E-state index in [-0.39, 0.29) is 5.75 Å². The average molecular weight is 258 g/mol. The number of sulfonamides is 1. The Hall–Kier alpha value is -0.850. The summed E-state index contributed by atoms with van der Waals surface area (Å²) in [4.78, 5) is 0. The van der Waals surface area contributed by atoms with Gasteiger partial charge in [0.15, 0.2) is 0 Å². The van der Waals surface area contributed by atoms with Crippen LogP contribution in [0, 0.1) is 0 Å². The summed E-state index contributed by atoms with van der Waals surface area (Å²) < 4.78 is 31.1. The summed E-state index contributed by atoms with van der Waals surface area (Å²) >= 11 is 0. The van der Waals surface area contributed by atoms with E-state index >= 15 is 0 Å². The van der Waals surface area contributed by atoms with E-state index in [1.54, 1.807) is 18.4 Å². The number of hydrogen-bond donors (Lipinski definition) is 1. The van der Waals surface area contributed by atoms with Gasteiger partial charge >= 0.3 is 0 Å². The van der Waals surface area contributed by atoms with Crippen LogP contribution in [0.25, 0.3) is 0 Å². The van der Waals surface area contributed by atoms with Crippen molar-refractivity contribution >= 4 is 10.0 Å². The highest BCUT2D eigenvalue weighted by atomic mass is 32.2. The van der Waals surface area contributed by atoms with E-state index in [2.05, 4.69) is 5.32 Å². The zero-order valence-electron chi connectivity index (χ0n) is 10.1. The van der Waals surface area contributed by atoms with Crippen LogP contribution in [0.1, 0.15) is 19.6 Å². The van der Waals surface area contributed by atoms with E-state index in [1.807, 2.05) is 13.8 Å². The zero-order chi connectivity index (χ0) is 12.5. The summed E-state index contributed by atoms with van der Waals surface area (Å²) in [6, 6.07) is 3.56. The molecule has 0 bridgehead atoms. The van der Waals surface area contributed by atoms with Gasteiger partial charge in [0.25, 0.3) is 0 Å². The van der Waals surface area contributed by atoms with Crippen molar-refractivity contribution in [1.82, 2.24) is 9.62 Å². The van der Waals surface area contributed by atoms with Crippen molar-refractivity contribution in [3.05, 3.63) is 24.2 Å². The summed E-state index contributed by atoms with van der Waals surface area (Å²) in [6.45, 7) is 5.29. The van der Waals surface area contributed by atoms with Crippen LogP contribution in [-0.4, -0.2) is 37.1 Å². The third-order valence-corrected chi connectivity index (χ3v) is 5.00. The van der Waals surface area contributed by atoms with E-state index in [1.165, 1.54) is 4.31 Å². The second-order valence-electron chi connectivity index (χ2n) is 4.89. The molecular weight excluding hydrogens is 240 g/mol. The van der Waals surface area contributed by atoms with E-state index in [9.17, 15) is 8.42 Å². The number of nitrogens with one attached hydrogen (secondary N) is 1. The molecule has 1 aromatic heterocycles. The van der Waals surface area contributed by atoms with Gasteiger partial charge in [0.05, 0.1) is 18.6 Å². The Morgan fingerprint density at radius 3 is 2.94 bits per heavy atom. The molecule has 0 unspecified atom stereocenters. The molecule has 1 aliphatic heterocycles. The summed E-state index contributed by atoms with van der Waals surface area (Å²) in [5.74, 6) is 0.806. The van der Waals surface area contributed by atoms with E-state index < -0.39 is 15.6 Å². The molecule has 0 atom stereocenters. The Bertz CT molecular complexity index is 465. The van der Waals surface area contributed by atoms with E-state index in [0.29, 0.717) is 25.4 Å². The van der Waals surface area contributed by atoms with Gasteiger partial charge in [-0.3, -0.25) is 0 Å². The molecule has 1 fully saturated rings. The third kappa shape index (κ3) is 2.70. The van der Waals surface area contributed by atoms with Crippen LogP contribution in [0.3, 0.4) is 0 Å². The predicted octanol–water partition coefficient (Wildman–Crippen LogP) is 0.793. The van der Waals surface area contributed by atoms with Crippen molar-refractivity contribution in [1.29, 1.82) is 0 Å². The molecule has 5 nitrogen and oxygen atoms in total. The Labute approximate surface area is 102 Å². The minimum atomic E-state index is -3.23. The highest BCUT2D eigenvalue weighted by molar-refractivity contribution is 7.89. The topological polar surface area (TPSA) is 62.6 Å². The van der Waals surface area contributed by atoms with Crippen LogP contribution >= 0.6 is 0 Å². The van der Waals surface area contributed by atoms with Gasteiger partial charge < -0.3 is 9.73 Å². The Morgan fingerprint density at radius 2 is 2.29 bits per heavy atom. The maximum absolute atomic E-state index is 12.2. The molecule has 1 saturated heterocycles. The summed E-state index contributed by atoms with van der Waals surface area (Å²) in [6.07, 6.45) is 1.56. The van der Waals surface area contributed by atoms with Gasteiger partial charge in [-0.2, -0.15) is 4.31 Å².